The van der Waals surface area contributed by atoms with Crippen LogP contribution in [0.3, 0.4) is 0 Å². The van der Waals surface area contributed by atoms with Crippen LogP contribution in [0.4, 0.5) is 4.39 Å². The zero-order valence-corrected chi connectivity index (χ0v) is 11.4. The monoisotopic (exact) mass is 286 g/mol. The first-order valence-electron chi connectivity index (χ1n) is 6.90. The van der Waals surface area contributed by atoms with E-state index in [0.717, 1.165) is 18.4 Å². The summed E-state index contributed by atoms with van der Waals surface area (Å²) in [7, 11) is 0. The predicted octanol–water partition coefficient (Wildman–Crippen LogP) is 4.22. The highest BCUT2D eigenvalue weighted by Crippen LogP contribution is 2.30. The number of hydrogen-bond donors (Lipinski definition) is 0. The van der Waals surface area contributed by atoms with Gasteiger partial charge in [0.15, 0.2) is 6.29 Å². The summed E-state index contributed by atoms with van der Waals surface area (Å²) in [6.07, 6.45) is 3.08. The third-order valence-corrected chi connectivity index (χ3v) is 3.33. The molecular formula is C17H15FO3. The number of carbonyl (C=O) groups is 1. The molecule has 4 heteroatoms. The Kier molecular flexibility index (Phi) is 3.86. The van der Waals surface area contributed by atoms with Gasteiger partial charge in [0.2, 0.25) is 0 Å². The van der Waals surface area contributed by atoms with E-state index in [4.69, 9.17) is 9.47 Å². The van der Waals surface area contributed by atoms with Crippen LogP contribution in [-0.2, 0) is 0 Å². The minimum absolute atomic E-state index is 0.184. The molecule has 0 amide bonds. The fraction of sp³-hybridized carbons (Fsp3) is 0.235. The maximum atomic E-state index is 13.0. The second-order valence-corrected chi connectivity index (χ2v) is 5.13. The Balaban J connectivity index is 1.68. The van der Waals surface area contributed by atoms with Crippen LogP contribution in [0.2, 0.25) is 0 Å². The standard InChI is InChI=1S/C17H15FO3/c18-14-3-8-17(13(9-14)10-19)21-16-6-4-15(5-7-16)20-11-12-1-2-12/h3-10,12H,1-2,11H2. The number of aldehydes is 1. The van der Waals surface area contributed by atoms with Crippen molar-refractivity contribution >= 4 is 6.29 Å². The average molecular weight is 286 g/mol. The lowest BCUT2D eigenvalue weighted by Crippen LogP contribution is -1.98. The molecule has 3 rings (SSSR count). The molecule has 0 saturated heterocycles. The lowest BCUT2D eigenvalue weighted by molar-refractivity contribution is 0.112. The summed E-state index contributed by atoms with van der Waals surface area (Å²) in [6, 6.07) is 11.0. The van der Waals surface area contributed by atoms with Crippen molar-refractivity contribution < 1.29 is 18.7 Å². The number of benzene rings is 2. The highest BCUT2D eigenvalue weighted by Gasteiger charge is 2.21. The Morgan fingerprint density at radius 3 is 2.48 bits per heavy atom. The molecule has 2 aromatic carbocycles. The molecule has 2 aromatic rings. The van der Waals surface area contributed by atoms with Crippen LogP contribution in [0.15, 0.2) is 42.5 Å². The summed E-state index contributed by atoms with van der Waals surface area (Å²) in [6.45, 7) is 0.757. The van der Waals surface area contributed by atoms with Crippen LogP contribution in [0.25, 0.3) is 0 Å². The molecule has 1 aliphatic rings. The van der Waals surface area contributed by atoms with Crippen molar-refractivity contribution in [3.8, 4) is 17.2 Å². The van der Waals surface area contributed by atoms with Gasteiger partial charge in [0, 0.05) is 0 Å². The van der Waals surface area contributed by atoms with E-state index in [2.05, 4.69) is 0 Å². The third kappa shape index (κ3) is 3.60. The molecule has 0 bridgehead atoms. The summed E-state index contributed by atoms with van der Waals surface area (Å²) >= 11 is 0. The topological polar surface area (TPSA) is 35.5 Å². The van der Waals surface area contributed by atoms with Crippen LogP contribution >= 0.6 is 0 Å². The highest BCUT2D eigenvalue weighted by molar-refractivity contribution is 5.79. The molecule has 0 N–H and O–H groups in total. The first kappa shape index (κ1) is 13.6. The molecule has 0 heterocycles. The van der Waals surface area contributed by atoms with Crippen LogP contribution < -0.4 is 9.47 Å². The van der Waals surface area contributed by atoms with Gasteiger partial charge in [-0.2, -0.15) is 0 Å². The molecule has 1 saturated carbocycles. The molecular weight excluding hydrogens is 271 g/mol. The second-order valence-electron chi connectivity index (χ2n) is 5.13. The van der Waals surface area contributed by atoms with Gasteiger partial charge in [0.1, 0.15) is 23.1 Å². The largest absolute Gasteiger partial charge is 0.493 e. The van der Waals surface area contributed by atoms with Gasteiger partial charge in [-0.1, -0.05) is 0 Å². The van der Waals surface area contributed by atoms with Gasteiger partial charge >= 0.3 is 0 Å². The lowest BCUT2D eigenvalue weighted by atomic mass is 10.2. The van der Waals surface area contributed by atoms with Crippen molar-refractivity contribution in [3.05, 3.63) is 53.8 Å². The smallest absolute Gasteiger partial charge is 0.153 e. The Bertz CT molecular complexity index is 633. The number of hydrogen-bond acceptors (Lipinski definition) is 3. The molecule has 108 valence electrons. The molecule has 3 nitrogen and oxygen atoms in total. The molecule has 0 spiro atoms. The van der Waals surface area contributed by atoms with Crippen molar-refractivity contribution in [2.45, 2.75) is 12.8 Å². The Hall–Kier alpha value is -2.36. The van der Waals surface area contributed by atoms with Crippen molar-refractivity contribution in [3.63, 3.8) is 0 Å². The summed E-state index contributed by atoms with van der Waals surface area (Å²) in [4.78, 5) is 10.9. The van der Waals surface area contributed by atoms with E-state index in [1.807, 2.05) is 12.1 Å². The Labute approximate surface area is 122 Å². The summed E-state index contributed by atoms with van der Waals surface area (Å²) in [5, 5.41) is 0. The van der Waals surface area contributed by atoms with Crippen LogP contribution in [0.1, 0.15) is 23.2 Å². The minimum atomic E-state index is -0.465. The maximum Gasteiger partial charge on any atom is 0.153 e. The van der Waals surface area contributed by atoms with Gasteiger partial charge in [-0.25, -0.2) is 4.39 Å². The van der Waals surface area contributed by atoms with Crippen LogP contribution in [-0.4, -0.2) is 12.9 Å². The molecule has 0 atom stereocenters. The average Bonchev–Trinajstić information content (AvgIpc) is 3.32. The minimum Gasteiger partial charge on any atom is -0.493 e. The second kappa shape index (κ2) is 5.95. The van der Waals surface area contributed by atoms with Crippen molar-refractivity contribution in [2.24, 2.45) is 5.92 Å². The van der Waals surface area contributed by atoms with Gasteiger partial charge < -0.3 is 9.47 Å². The van der Waals surface area contributed by atoms with E-state index in [9.17, 15) is 9.18 Å². The molecule has 0 unspecified atom stereocenters. The number of rotatable bonds is 6. The first-order valence-corrected chi connectivity index (χ1v) is 6.90. The molecule has 0 aromatic heterocycles. The molecule has 21 heavy (non-hydrogen) atoms. The Morgan fingerprint density at radius 1 is 1.10 bits per heavy atom. The fourth-order valence-electron chi connectivity index (χ4n) is 1.93. The van der Waals surface area contributed by atoms with Gasteiger partial charge in [-0.05, 0) is 61.2 Å². The highest BCUT2D eigenvalue weighted by atomic mass is 19.1. The quantitative estimate of drug-likeness (QED) is 0.746. The van der Waals surface area contributed by atoms with E-state index in [-0.39, 0.29) is 5.56 Å². The summed E-state index contributed by atoms with van der Waals surface area (Å²) in [5.74, 6) is 1.94. The SMILES string of the molecule is O=Cc1cc(F)ccc1Oc1ccc(OCC2CC2)cc1. The lowest BCUT2D eigenvalue weighted by Gasteiger charge is -2.09. The zero-order valence-electron chi connectivity index (χ0n) is 11.4. The van der Waals surface area contributed by atoms with Gasteiger partial charge in [0.05, 0.1) is 12.2 Å². The van der Waals surface area contributed by atoms with E-state index < -0.39 is 5.82 Å². The van der Waals surface area contributed by atoms with Crippen LogP contribution in [0.5, 0.6) is 17.2 Å². The van der Waals surface area contributed by atoms with Gasteiger partial charge in [0.25, 0.3) is 0 Å². The summed E-state index contributed by atoms with van der Waals surface area (Å²) < 4.78 is 24.3. The number of halogens is 1. The maximum absolute atomic E-state index is 13.0. The number of ether oxygens (including phenoxy) is 2. The van der Waals surface area contributed by atoms with E-state index in [1.54, 1.807) is 12.1 Å². The van der Waals surface area contributed by atoms with Crippen molar-refractivity contribution in [2.75, 3.05) is 6.61 Å². The first-order chi connectivity index (χ1) is 10.2. The van der Waals surface area contributed by atoms with E-state index in [0.29, 0.717) is 23.7 Å². The van der Waals surface area contributed by atoms with E-state index in [1.165, 1.54) is 25.0 Å². The normalized spacial score (nSPS) is 13.8. The van der Waals surface area contributed by atoms with Crippen molar-refractivity contribution in [1.29, 1.82) is 0 Å². The van der Waals surface area contributed by atoms with Gasteiger partial charge in [-0.3, -0.25) is 4.79 Å². The van der Waals surface area contributed by atoms with Crippen LogP contribution in [0, 0.1) is 11.7 Å². The number of carbonyl (C=O) groups excluding carboxylic acids is 1. The predicted molar refractivity (Wildman–Crippen MR) is 76.5 cm³/mol. The molecule has 1 fully saturated rings. The molecule has 0 radical (unpaired) electrons. The van der Waals surface area contributed by atoms with Crippen molar-refractivity contribution in [1.82, 2.24) is 0 Å². The Morgan fingerprint density at radius 2 is 1.81 bits per heavy atom. The van der Waals surface area contributed by atoms with E-state index >= 15 is 0 Å². The fourth-order valence-corrected chi connectivity index (χ4v) is 1.93. The van der Waals surface area contributed by atoms with Gasteiger partial charge in [-0.15, -0.1) is 0 Å². The third-order valence-electron chi connectivity index (χ3n) is 3.33. The zero-order chi connectivity index (χ0) is 14.7. The molecule has 0 aliphatic heterocycles. The summed E-state index contributed by atoms with van der Waals surface area (Å²) in [5.41, 5.74) is 0.184. The molecule has 1 aliphatic carbocycles.